The number of urea groups is 1. The maximum absolute atomic E-state index is 13.9. The molecule has 0 saturated carbocycles. The number of alkyl halides is 3. The molecule has 11 heteroatoms. The molecule has 0 radical (unpaired) electrons. The predicted octanol–water partition coefficient (Wildman–Crippen LogP) is 4.29. The van der Waals surface area contributed by atoms with Crippen molar-refractivity contribution in [3.05, 3.63) is 64.7 Å². The Morgan fingerprint density at radius 1 is 1.14 bits per heavy atom. The molecule has 2 aromatic rings. The molecule has 0 bridgehead atoms. The van der Waals surface area contributed by atoms with Crippen LogP contribution in [0.2, 0.25) is 0 Å². The number of halogens is 5. The fraction of sp³-hybridized carbons (Fsp3) is 0.417. The normalized spacial score (nSPS) is 18.4. The zero-order valence-corrected chi connectivity index (χ0v) is 19.0. The number of benzene rings is 2. The van der Waals surface area contributed by atoms with Gasteiger partial charge in [0.05, 0.1) is 5.54 Å². The molecule has 1 saturated heterocycles. The molecule has 4 rings (SSSR count). The molecule has 2 heterocycles. The fourth-order valence-corrected chi connectivity index (χ4v) is 4.84. The average Bonchev–Trinajstić information content (AvgIpc) is 2.81. The quantitative estimate of drug-likeness (QED) is 0.622. The van der Waals surface area contributed by atoms with Crippen LogP contribution in [0, 0.1) is 11.6 Å². The molecule has 0 aliphatic carbocycles. The van der Waals surface area contributed by atoms with Crippen LogP contribution in [0.1, 0.15) is 46.8 Å². The minimum atomic E-state index is -4.80. The van der Waals surface area contributed by atoms with Gasteiger partial charge in [-0.2, -0.15) is 13.2 Å². The summed E-state index contributed by atoms with van der Waals surface area (Å²) in [4.78, 5) is 28.9. The molecule has 2 aromatic carbocycles. The Balaban J connectivity index is 1.38. The van der Waals surface area contributed by atoms with E-state index >= 15 is 0 Å². The van der Waals surface area contributed by atoms with Crippen LogP contribution in [0.25, 0.3) is 0 Å². The van der Waals surface area contributed by atoms with Gasteiger partial charge in [0, 0.05) is 49.9 Å². The number of carbonyl (C=O) groups excluding carboxylic acids is 2. The molecule has 3 N–H and O–H groups in total. The molecule has 2 aliphatic heterocycles. The number of anilines is 1. The first kappa shape index (κ1) is 24.9. The molecule has 0 aromatic heterocycles. The third-order valence-electron chi connectivity index (χ3n) is 6.99. The number of amides is 2. The predicted molar refractivity (Wildman–Crippen MR) is 119 cm³/mol. The van der Waals surface area contributed by atoms with E-state index in [0.717, 1.165) is 12.1 Å². The zero-order chi connectivity index (χ0) is 25.5. The van der Waals surface area contributed by atoms with Gasteiger partial charge in [-0.1, -0.05) is 6.07 Å². The molecule has 6 nitrogen and oxygen atoms in total. The molecule has 2 aliphatic rings. The van der Waals surface area contributed by atoms with Crippen LogP contribution < -0.4 is 16.0 Å². The zero-order valence-electron chi connectivity index (χ0n) is 19.0. The number of ketones is 1. The number of nitrogens with two attached hydrogens (primary N) is 1. The largest absolute Gasteiger partial charge is 0.407 e. The number of likely N-dealkylation sites (tertiary alicyclic amines) is 1. The Hall–Kier alpha value is -3.21. The first-order valence-electron chi connectivity index (χ1n) is 11.1. The van der Waals surface area contributed by atoms with Crippen molar-refractivity contribution < 1.29 is 31.5 Å². The Bertz CT molecular complexity index is 1150. The first-order valence-corrected chi connectivity index (χ1v) is 11.1. The van der Waals surface area contributed by atoms with E-state index < -0.39 is 41.0 Å². The molecule has 1 fully saturated rings. The number of nitrogens with one attached hydrogen (secondary N) is 1. The van der Waals surface area contributed by atoms with Gasteiger partial charge in [-0.3, -0.25) is 4.79 Å². The number of hydrogen-bond donors (Lipinski definition) is 2. The molecule has 188 valence electrons. The Labute approximate surface area is 198 Å². The van der Waals surface area contributed by atoms with Gasteiger partial charge < -0.3 is 20.9 Å². The summed E-state index contributed by atoms with van der Waals surface area (Å²) in [6.45, 7) is 0.608. The minimum Gasteiger partial charge on any atom is -0.368 e. The monoisotopic (exact) mass is 496 g/mol. The highest BCUT2D eigenvalue weighted by atomic mass is 19.4. The van der Waals surface area contributed by atoms with Crippen molar-refractivity contribution in [3.63, 3.8) is 0 Å². The lowest BCUT2D eigenvalue weighted by atomic mass is 9.77. The Kier molecular flexibility index (Phi) is 6.48. The molecule has 1 unspecified atom stereocenters. The SMILES string of the molecule is CN1c2ccc(F)cc2C(=O)CC12CCN(C(=O)NCc1ccc(F)c(C(N)C(F)(F)F)c1)CC2. The number of Topliss-reactive ketones (excluding diaryl/α,β-unsaturated/α-hetero) is 1. The van der Waals surface area contributed by atoms with Crippen LogP contribution in [0.3, 0.4) is 0 Å². The van der Waals surface area contributed by atoms with E-state index in [9.17, 15) is 31.5 Å². The third kappa shape index (κ3) is 4.82. The topological polar surface area (TPSA) is 78.7 Å². The van der Waals surface area contributed by atoms with Gasteiger partial charge >= 0.3 is 12.2 Å². The van der Waals surface area contributed by atoms with Crippen LogP contribution in [0.15, 0.2) is 36.4 Å². The first-order chi connectivity index (χ1) is 16.4. The minimum absolute atomic E-state index is 0.102. The number of piperidine rings is 1. The highest BCUT2D eigenvalue weighted by Crippen LogP contribution is 2.42. The van der Waals surface area contributed by atoms with Gasteiger partial charge in [-0.05, 0) is 48.7 Å². The van der Waals surface area contributed by atoms with Crippen molar-refractivity contribution >= 4 is 17.5 Å². The second-order valence-corrected chi connectivity index (χ2v) is 9.07. The van der Waals surface area contributed by atoms with E-state index in [0.29, 0.717) is 37.2 Å². The summed E-state index contributed by atoms with van der Waals surface area (Å²) in [6, 6.07) is 4.44. The third-order valence-corrected chi connectivity index (χ3v) is 6.99. The lowest BCUT2D eigenvalue weighted by Crippen LogP contribution is -2.59. The summed E-state index contributed by atoms with van der Waals surface area (Å²) in [5.41, 5.74) is 5.25. The van der Waals surface area contributed by atoms with Crippen molar-refractivity contribution in [2.75, 3.05) is 25.0 Å². The highest BCUT2D eigenvalue weighted by molar-refractivity contribution is 6.04. The Morgan fingerprint density at radius 3 is 2.49 bits per heavy atom. The Morgan fingerprint density at radius 2 is 1.83 bits per heavy atom. The number of hydrogen-bond acceptors (Lipinski definition) is 4. The summed E-state index contributed by atoms with van der Waals surface area (Å²) in [6.07, 6.45) is -3.55. The maximum atomic E-state index is 13.9. The molecular formula is C24H25F5N4O2. The molecule has 1 atom stereocenters. The van der Waals surface area contributed by atoms with Crippen LogP contribution in [-0.4, -0.2) is 48.6 Å². The molecule has 2 amide bonds. The highest BCUT2D eigenvalue weighted by Gasteiger charge is 2.45. The standard InChI is InChI=1S/C24H25F5N4O2/c1-32-19-5-3-15(25)11-17(19)20(34)12-23(32)6-8-33(9-7-23)22(35)31-13-14-2-4-18(26)16(10-14)21(30)24(27,28)29/h2-5,10-11,21H,6-9,12-13,30H2,1H3,(H,31,35). The fourth-order valence-electron chi connectivity index (χ4n) is 4.84. The van der Waals surface area contributed by atoms with E-state index in [4.69, 9.17) is 5.73 Å². The smallest absolute Gasteiger partial charge is 0.368 e. The molecule has 35 heavy (non-hydrogen) atoms. The van der Waals surface area contributed by atoms with Crippen LogP contribution in [0.5, 0.6) is 0 Å². The van der Waals surface area contributed by atoms with E-state index in [1.54, 1.807) is 11.0 Å². The van der Waals surface area contributed by atoms with E-state index in [1.807, 2.05) is 11.9 Å². The van der Waals surface area contributed by atoms with Crippen LogP contribution in [-0.2, 0) is 6.54 Å². The summed E-state index contributed by atoms with van der Waals surface area (Å²) < 4.78 is 66.2. The lowest BCUT2D eigenvalue weighted by molar-refractivity contribution is -0.149. The van der Waals surface area contributed by atoms with Crippen LogP contribution in [0.4, 0.5) is 32.4 Å². The van der Waals surface area contributed by atoms with Crippen LogP contribution >= 0.6 is 0 Å². The van der Waals surface area contributed by atoms with E-state index in [1.165, 1.54) is 18.2 Å². The number of rotatable bonds is 3. The van der Waals surface area contributed by atoms with Gasteiger partial charge in [0.2, 0.25) is 0 Å². The van der Waals surface area contributed by atoms with E-state index in [2.05, 4.69) is 5.32 Å². The summed E-state index contributed by atoms with van der Waals surface area (Å²) in [7, 11) is 1.86. The van der Waals surface area contributed by atoms with Crippen molar-refractivity contribution in [2.45, 2.75) is 43.6 Å². The molecular weight excluding hydrogens is 471 g/mol. The maximum Gasteiger partial charge on any atom is 0.407 e. The van der Waals surface area contributed by atoms with Gasteiger partial charge in [-0.15, -0.1) is 0 Å². The summed E-state index contributed by atoms with van der Waals surface area (Å²) >= 11 is 0. The van der Waals surface area contributed by atoms with E-state index in [-0.39, 0.29) is 24.3 Å². The number of fused-ring (bicyclic) bond motifs is 1. The van der Waals surface area contributed by atoms with Crippen molar-refractivity contribution in [1.29, 1.82) is 0 Å². The van der Waals surface area contributed by atoms with Gasteiger partial charge in [0.15, 0.2) is 5.78 Å². The van der Waals surface area contributed by atoms with Crippen molar-refractivity contribution in [2.24, 2.45) is 5.73 Å². The van der Waals surface area contributed by atoms with Gasteiger partial charge in [0.1, 0.15) is 17.7 Å². The second-order valence-electron chi connectivity index (χ2n) is 9.07. The van der Waals surface area contributed by atoms with Crippen molar-refractivity contribution in [3.8, 4) is 0 Å². The summed E-state index contributed by atoms with van der Waals surface area (Å²) in [5, 5.41) is 2.65. The lowest BCUT2D eigenvalue weighted by Gasteiger charge is -2.50. The average molecular weight is 496 g/mol. The van der Waals surface area contributed by atoms with Crippen molar-refractivity contribution in [1.82, 2.24) is 10.2 Å². The number of nitrogens with zero attached hydrogens (tertiary/aromatic N) is 2. The van der Waals surface area contributed by atoms with Gasteiger partial charge in [-0.25, -0.2) is 13.6 Å². The molecule has 1 spiro atoms. The number of carbonyl (C=O) groups is 2. The second kappa shape index (κ2) is 9.10. The summed E-state index contributed by atoms with van der Waals surface area (Å²) in [5.74, 6) is -1.68. The van der Waals surface area contributed by atoms with Gasteiger partial charge in [0.25, 0.3) is 0 Å².